The SMILES string of the molecule is O=C(O)c1cnn2ccc(C3CCCCCCC(C4=C/C=C\C=C/C=C\C=C(I)/C=C\4)C3)nc12. The number of hydrogen-bond donors (Lipinski definition) is 1. The second-order valence-electron chi connectivity index (χ2n) is 8.81. The highest BCUT2D eigenvalue weighted by molar-refractivity contribution is 14.1. The first-order chi connectivity index (χ1) is 16.6. The van der Waals surface area contributed by atoms with Crippen LogP contribution in [-0.4, -0.2) is 25.7 Å². The Morgan fingerprint density at radius 1 is 0.941 bits per heavy atom. The van der Waals surface area contributed by atoms with E-state index < -0.39 is 5.97 Å². The molecule has 2 heterocycles. The minimum atomic E-state index is -0.992. The molecule has 2 aromatic rings. The Kier molecular flexibility index (Phi) is 8.68. The molecule has 2 unspecified atom stereocenters. The number of rotatable bonds is 3. The summed E-state index contributed by atoms with van der Waals surface area (Å²) in [7, 11) is 0. The van der Waals surface area contributed by atoms with Crippen molar-refractivity contribution in [1.82, 2.24) is 14.6 Å². The fraction of sp³-hybridized carbons (Fsp3) is 0.321. The van der Waals surface area contributed by atoms with Gasteiger partial charge in [-0.2, -0.15) is 5.10 Å². The molecular formula is C28H30IN3O2. The second-order valence-corrected chi connectivity index (χ2v) is 10.1. The van der Waals surface area contributed by atoms with Crippen LogP contribution in [0.15, 0.2) is 88.4 Å². The topological polar surface area (TPSA) is 67.5 Å². The van der Waals surface area contributed by atoms with Gasteiger partial charge < -0.3 is 5.11 Å². The van der Waals surface area contributed by atoms with Gasteiger partial charge in [0.2, 0.25) is 0 Å². The average Bonchev–Trinajstić information content (AvgIpc) is 3.29. The van der Waals surface area contributed by atoms with Crippen molar-refractivity contribution in [2.75, 3.05) is 0 Å². The number of aromatic nitrogens is 3. The van der Waals surface area contributed by atoms with Gasteiger partial charge in [0.15, 0.2) is 5.65 Å². The molecule has 1 fully saturated rings. The van der Waals surface area contributed by atoms with Gasteiger partial charge in [0, 0.05) is 21.4 Å². The van der Waals surface area contributed by atoms with Crippen molar-refractivity contribution >= 4 is 34.2 Å². The highest BCUT2D eigenvalue weighted by Crippen LogP contribution is 2.36. The van der Waals surface area contributed by atoms with E-state index >= 15 is 0 Å². The highest BCUT2D eigenvalue weighted by Gasteiger charge is 2.24. The van der Waals surface area contributed by atoms with E-state index in [9.17, 15) is 9.90 Å². The van der Waals surface area contributed by atoms with Gasteiger partial charge in [-0.1, -0.05) is 74.3 Å². The quantitative estimate of drug-likeness (QED) is 0.394. The molecule has 0 aliphatic heterocycles. The number of aromatic carboxylic acids is 1. The van der Waals surface area contributed by atoms with E-state index in [1.54, 1.807) is 4.52 Å². The molecule has 0 amide bonds. The molecule has 0 radical (unpaired) electrons. The fourth-order valence-electron chi connectivity index (χ4n) is 4.68. The molecule has 4 rings (SSSR count). The standard InChI is InChI=1S/C28H30IN3O2/c29-24-14-10-4-2-1-3-7-11-21(15-16-24)22-12-8-5-6-9-13-23(19-22)26-17-18-32-27(31-26)25(20-30-32)28(33)34/h1-4,7,10-11,14-18,20,22-23H,5-6,8-9,12-13,19H2,(H,33,34)/b2-1-,3-1?,4-2?,7-3-,10-4-,11-7?,14-10?,16-15-,21-11+,21-15?,24-14+,24-16?. The summed E-state index contributed by atoms with van der Waals surface area (Å²) in [6.45, 7) is 0. The van der Waals surface area contributed by atoms with Crippen molar-refractivity contribution in [3.8, 4) is 0 Å². The fourth-order valence-corrected chi connectivity index (χ4v) is 5.06. The van der Waals surface area contributed by atoms with Gasteiger partial charge in [-0.15, -0.1) is 0 Å². The molecule has 0 saturated heterocycles. The van der Waals surface area contributed by atoms with Crippen LogP contribution in [0, 0.1) is 5.92 Å². The zero-order valence-electron chi connectivity index (χ0n) is 19.2. The van der Waals surface area contributed by atoms with E-state index in [0.717, 1.165) is 25.0 Å². The van der Waals surface area contributed by atoms with Crippen molar-refractivity contribution in [1.29, 1.82) is 0 Å². The number of allylic oxidation sites excluding steroid dienone is 12. The first-order valence-corrected chi connectivity index (χ1v) is 13.0. The summed E-state index contributed by atoms with van der Waals surface area (Å²) < 4.78 is 2.74. The lowest BCUT2D eigenvalue weighted by Gasteiger charge is -2.24. The summed E-state index contributed by atoms with van der Waals surface area (Å²) in [5.41, 5.74) is 2.88. The van der Waals surface area contributed by atoms with Crippen molar-refractivity contribution in [2.24, 2.45) is 5.92 Å². The Balaban J connectivity index is 1.67. The van der Waals surface area contributed by atoms with E-state index in [1.165, 1.54) is 41.0 Å². The van der Waals surface area contributed by atoms with Crippen LogP contribution in [0.4, 0.5) is 0 Å². The minimum Gasteiger partial charge on any atom is -0.477 e. The number of carboxylic acid groups (broad SMARTS) is 1. The smallest absolute Gasteiger partial charge is 0.341 e. The molecule has 5 nitrogen and oxygen atoms in total. The molecule has 0 spiro atoms. The normalized spacial score (nSPS) is 29.0. The number of hydrogen-bond acceptors (Lipinski definition) is 3. The summed E-state index contributed by atoms with van der Waals surface area (Å²) in [5.74, 6) is -0.298. The van der Waals surface area contributed by atoms with Crippen LogP contribution in [0.2, 0.25) is 0 Å². The predicted octanol–water partition coefficient (Wildman–Crippen LogP) is 7.36. The largest absolute Gasteiger partial charge is 0.477 e. The molecule has 0 bridgehead atoms. The molecule has 2 aliphatic carbocycles. The minimum absolute atomic E-state index is 0.153. The lowest BCUT2D eigenvalue weighted by molar-refractivity contribution is 0.0698. The molecule has 34 heavy (non-hydrogen) atoms. The second kappa shape index (κ2) is 12.1. The van der Waals surface area contributed by atoms with Gasteiger partial charge in [0.1, 0.15) is 5.56 Å². The Morgan fingerprint density at radius 2 is 1.65 bits per heavy atom. The summed E-state index contributed by atoms with van der Waals surface area (Å²) in [5, 5.41) is 13.7. The van der Waals surface area contributed by atoms with Crippen LogP contribution in [0.1, 0.15) is 66.9 Å². The molecule has 1 saturated carbocycles. The molecule has 2 aromatic heterocycles. The third kappa shape index (κ3) is 6.44. The van der Waals surface area contributed by atoms with Gasteiger partial charge in [-0.25, -0.2) is 14.3 Å². The van der Waals surface area contributed by atoms with Gasteiger partial charge in [0.25, 0.3) is 0 Å². The Bertz CT molecular complexity index is 1200. The Labute approximate surface area is 214 Å². The van der Waals surface area contributed by atoms with Crippen LogP contribution in [0.25, 0.3) is 5.65 Å². The van der Waals surface area contributed by atoms with Crippen LogP contribution >= 0.6 is 22.6 Å². The summed E-state index contributed by atoms with van der Waals surface area (Å²) in [6.07, 6.45) is 32.5. The first kappa shape index (κ1) is 24.4. The summed E-state index contributed by atoms with van der Waals surface area (Å²) >= 11 is 2.37. The molecular weight excluding hydrogens is 537 g/mol. The van der Waals surface area contributed by atoms with Gasteiger partial charge in [-0.3, -0.25) is 0 Å². The van der Waals surface area contributed by atoms with Crippen molar-refractivity contribution in [2.45, 2.75) is 50.9 Å². The number of nitrogens with zero attached hydrogens (tertiary/aromatic N) is 3. The van der Waals surface area contributed by atoms with Crippen LogP contribution in [0.5, 0.6) is 0 Å². The maximum atomic E-state index is 11.6. The van der Waals surface area contributed by atoms with E-state index in [0.29, 0.717) is 11.6 Å². The van der Waals surface area contributed by atoms with E-state index in [1.807, 2.05) is 30.5 Å². The number of fused-ring (bicyclic) bond motifs is 1. The number of carbonyl (C=O) groups is 1. The van der Waals surface area contributed by atoms with Gasteiger partial charge in [0.05, 0.1) is 6.20 Å². The number of halogens is 1. The van der Waals surface area contributed by atoms with Gasteiger partial charge in [-0.05, 0) is 71.6 Å². The van der Waals surface area contributed by atoms with E-state index in [-0.39, 0.29) is 11.5 Å². The average molecular weight is 567 g/mol. The lowest BCUT2D eigenvalue weighted by Crippen LogP contribution is -2.12. The molecule has 2 atom stereocenters. The molecule has 0 aromatic carbocycles. The zero-order valence-corrected chi connectivity index (χ0v) is 21.3. The summed E-state index contributed by atoms with van der Waals surface area (Å²) in [6, 6.07) is 2.01. The third-order valence-corrected chi connectivity index (χ3v) is 7.19. The molecule has 6 heteroatoms. The van der Waals surface area contributed by atoms with E-state index in [4.69, 9.17) is 4.98 Å². The van der Waals surface area contributed by atoms with Crippen molar-refractivity contribution in [3.05, 3.63) is 99.6 Å². The predicted molar refractivity (Wildman–Crippen MR) is 145 cm³/mol. The highest BCUT2D eigenvalue weighted by atomic mass is 127. The maximum absolute atomic E-state index is 11.6. The summed E-state index contributed by atoms with van der Waals surface area (Å²) in [4.78, 5) is 16.4. The number of carboxylic acids is 1. The third-order valence-electron chi connectivity index (χ3n) is 6.47. The van der Waals surface area contributed by atoms with Crippen LogP contribution in [0.3, 0.4) is 0 Å². The molecule has 2 aliphatic rings. The van der Waals surface area contributed by atoms with E-state index in [2.05, 4.69) is 70.2 Å². The van der Waals surface area contributed by atoms with Crippen molar-refractivity contribution < 1.29 is 9.90 Å². The van der Waals surface area contributed by atoms with Crippen LogP contribution in [-0.2, 0) is 0 Å². The van der Waals surface area contributed by atoms with Gasteiger partial charge >= 0.3 is 5.97 Å². The first-order valence-electron chi connectivity index (χ1n) is 11.9. The molecule has 1 N–H and O–H groups in total. The Hall–Kier alpha value is -2.74. The Morgan fingerprint density at radius 3 is 2.41 bits per heavy atom. The zero-order chi connectivity index (χ0) is 23.8. The molecule has 176 valence electrons. The lowest BCUT2D eigenvalue weighted by atomic mass is 9.82. The monoisotopic (exact) mass is 567 g/mol. The maximum Gasteiger partial charge on any atom is 0.341 e. The van der Waals surface area contributed by atoms with Crippen LogP contribution < -0.4 is 0 Å². The van der Waals surface area contributed by atoms with Crippen molar-refractivity contribution in [3.63, 3.8) is 0 Å².